The van der Waals surface area contributed by atoms with Crippen LogP contribution < -0.4 is 4.74 Å². The van der Waals surface area contributed by atoms with Gasteiger partial charge in [0.1, 0.15) is 12.4 Å². The quantitative estimate of drug-likeness (QED) is 0.187. The summed E-state index contributed by atoms with van der Waals surface area (Å²) in [6, 6.07) is 13.3. The normalized spacial score (nSPS) is 15.3. The number of imidazole rings is 1. The van der Waals surface area contributed by atoms with Crippen LogP contribution in [0.5, 0.6) is 5.88 Å². The first-order valence-electron chi connectivity index (χ1n) is 14.7. The monoisotopic (exact) mass is 666 g/mol. The average Bonchev–Trinajstić information content (AvgIpc) is 3.37. The lowest BCUT2D eigenvalue weighted by atomic mass is 9.91. The summed E-state index contributed by atoms with van der Waals surface area (Å²) < 4.78 is 92.0. The summed E-state index contributed by atoms with van der Waals surface area (Å²) >= 11 is 0. The third-order valence-corrected chi connectivity index (χ3v) is 8.29. The van der Waals surface area contributed by atoms with Gasteiger partial charge in [0.15, 0.2) is 0 Å². The molecule has 2 aromatic carbocycles. The number of carboxylic acid groups (broad SMARTS) is 1. The van der Waals surface area contributed by atoms with Gasteiger partial charge in [-0.2, -0.15) is 26.3 Å². The molecule has 0 atom stereocenters. The topological polar surface area (TPSA) is 110 Å². The maximum Gasteiger partial charge on any atom is 0.430 e. The van der Waals surface area contributed by atoms with Crippen molar-refractivity contribution in [3.05, 3.63) is 88.9 Å². The molecule has 1 saturated heterocycles. The molecule has 2 N–H and O–H groups in total. The van der Waals surface area contributed by atoms with Crippen molar-refractivity contribution < 1.29 is 50.8 Å². The van der Waals surface area contributed by atoms with E-state index in [1.54, 1.807) is 31.4 Å². The summed E-state index contributed by atoms with van der Waals surface area (Å²) in [5, 5.41) is 19.0. The molecule has 0 radical (unpaired) electrons. The number of fused-ring (bicyclic) bond motifs is 1. The summed E-state index contributed by atoms with van der Waals surface area (Å²) in [7, 11) is 1.60. The Morgan fingerprint density at radius 1 is 0.957 bits per heavy atom. The molecular formula is C32H32F6N4O5. The zero-order valence-electron chi connectivity index (χ0n) is 25.2. The highest BCUT2D eigenvalue weighted by molar-refractivity contribution is 5.92. The van der Waals surface area contributed by atoms with Gasteiger partial charge in [-0.3, -0.25) is 4.90 Å². The fraction of sp³-hybridized carbons (Fsp3) is 0.406. The van der Waals surface area contributed by atoms with Crippen LogP contribution in [-0.4, -0.2) is 74.8 Å². The first kappa shape index (κ1) is 34.1. The number of likely N-dealkylation sites (tertiary alicyclic amines) is 1. The van der Waals surface area contributed by atoms with Gasteiger partial charge in [0.05, 0.1) is 29.7 Å². The van der Waals surface area contributed by atoms with Crippen molar-refractivity contribution in [3.8, 4) is 5.88 Å². The zero-order chi connectivity index (χ0) is 34.0. The van der Waals surface area contributed by atoms with Crippen molar-refractivity contribution in [2.24, 2.45) is 0 Å². The SMILES string of the molecule is COCCn1c(CN2CCC(c3cccc(OCc4ccc(C(O)(C(F)(F)F)C(F)(F)F)cc4)n3)CC2)nc2ccc(C(=O)O)cc21. The number of hydrogen-bond acceptors (Lipinski definition) is 7. The van der Waals surface area contributed by atoms with E-state index in [0.29, 0.717) is 37.3 Å². The summed E-state index contributed by atoms with van der Waals surface area (Å²) in [4.78, 5) is 23.1. The number of methoxy groups -OCH3 is 1. The van der Waals surface area contributed by atoms with E-state index in [9.17, 15) is 41.4 Å². The van der Waals surface area contributed by atoms with Gasteiger partial charge in [0, 0.05) is 36.9 Å². The summed E-state index contributed by atoms with van der Waals surface area (Å²) in [5.74, 6) is 0.173. The van der Waals surface area contributed by atoms with E-state index in [0.717, 1.165) is 55.1 Å². The Balaban J connectivity index is 1.20. The number of nitrogens with zero attached hydrogens (tertiary/aromatic N) is 4. The molecule has 0 amide bonds. The number of ether oxygens (including phenoxy) is 2. The molecular weight excluding hydrogens is 634 g/mol. The van der Waals surface area contributed by atoms with Gasteiger partial charge in [-0.15, -0.1) is 0 Å². The number of rotatable bonds is 11. The summed E-state index contributed by atoms with van der Waals surface area (Å²) in [5.41, 5.74) is -3.63. The highest BCUT2D eigenvalue weighted by Crippen LogP contribution is 2.50. The molecule has 1 aliphatic rings. The first-order chi connectivity index (χ1) is 22.2. The van der Waals surface area contributed by atoms with Crippen LogP contribution in [0.1, 0.15) is 51.8 Å². The largest absolute Gasteiger partial charge is 0.478 e. The van der Waals surface area contributed by atoms with Gasteiger partial charge in [-0.05, 0) is 55.8 Å². The molecule has 0 bridgehead atoms. The van der Waals surface area contributed by atoms with Crippen LogP contribution in [0.2, 0.25) is 0 Å². The number of carbonyl (C=O) groups is 1. The van der Waals surface area contributed by atoms with Crippen LogP contribution in [0.25, 0.3) is 11.0 Å². The van der Waals surface area contributed by atoms with Crippen molar-refractivity contribution in [2.45, 2.75) is 56.4 Å². The molecule has 9 nitrogen and oxygen atoms in total. The second-order valence-electron chi connectivity index (χ2n) is 11.3. The number of pyridine rings is 1. The van der Waals surface area contributed by atoms with E-state index in [1.165, 1.54) is 6.07 Å². The number of aliphatic hydroxyl groups is 1. The number of piperidine rings is 1. The fourth-order valence-electron chi connectivity index (χ4n) is 5.67. The number of benzene rings is 2. The molecule has 1 fully saturated rings. The smallest absolute Gasteiger partial charge is 0.430 e. The molecule has 0 aliphatic carbocycles. The maximum atomic E-state index is 13.2. The Bertz CT molecular complexity index is 1690. The van der Waals surface area contributed by atoms with Crippen molar-refractivity contribution in [2.75, 3.05) is 26.8 Å². The number of alkyl halides is 6. The lowest BCUT2D eigenvalue weighted by molar-refractivity contribution is -0.376. The van der Waals surface area contributed by atoms with Crippen LogP contribution in [0, 0.1) is 0 Å². The molecule has 47 heavy (non-hydrogen) atoms. The minimum absolute atomic E-state index is 0.127. The van der Waals surface area contributed by atoms with Gasteiger partial charge in [-0.1, -0.05) is 30.3 Å². The number of hydrogen-bond donors (Lipinski definition) is 2. The number of aromatic nitrogens is 3. The van der Waals surface area contributed by atoms with E-state index in [1.807, 2.05) is 10.6 Å². The number of carboxylic acids is 1. The van der Waals surface area contributed by atoms with Gasteiger partial charge < -0.3 is 24.3 Å². The Kier molecular flexibility index (Phi) is 9.80. The van der Waals surface area contributed by atoms with Gasteiger partial charge in [0.25, 0.3) is 5.60 Å². The maximum absolute atomic E-state index is 13.2. The minimum atomic E-state index is -5.96. The van der Waals surface area contributed by atoms with Crippen LogP contribution in [0.3, 0.4) is 0 Å². The highest BCUT2D eigenvalue weighted by Gasteiger charge is 2.71. The second-order valence-corrected chi connectivity index (χ2v) is 11.3. The second kappa shape index (κ2) is 13.5. The molecule has 4 aromatic rings. The molecule has 0 saturated carbocycles. The van der Waals surface area contributed by atoms with Crippen LogP contribution >= 0.6 is 0 Å². The van der Waals surface area contributed by atoms with E-state index in [-0.39, 0.29) is 29.5 Å². The minimum Gasteiger partial charge on any atom is -0.478 e. The number of aromatic carboxylic acids is 1. The standard InChI is InChI=1S/C32H32F6N4O5/c1-46-16-15-42-26-17-22(29(43)44)7-10-25(26)39-27(42)18-41-13-11-21(12-14-41)24-3-2-4-28(40-24)47-19-20-5-8-23(9-6-20)30(45,31(33,34)35)32(36,37)38/h2-10,17,21,45H,11-16,18-19H2,1H3,(H,43,44). The molecule has 252 valence electrons. The Morgan fingerprint density at radius 3 is 2.26 bits per heavy atom. The van der Waals surface area contributed by atoms with E-state index in [2.05, 4.69) is 9.88 Å². The molecule has 3 heterocycles. The zero-order valence-corrected chi connectivity index (χ0v) is 25.2. The molecule has 0 unspecified atom stereocenters. The van der Waals surface area contributed by atoms with Crippen LogP contribution in [0.15, 0.2) is 60.7 Å². The van der Waals surface area contributed by atoms with Crippen molar-refractivity contribution in [1.29, 1.82) is 0 Å². The molecule has 2 aromatic heterocycles. The molecule has 5 rings (SSSR count). The van der Waals surface area contributed by atoms with Crippen molar-refractivity contribution in [1.82, 2.24) is 19.4 Å². The summed E-state index contributed by atoms with van der Waals surface area (Å²) in [6.45, 7) is 2.86. The molecule has 15 heteroatoms. The van der Waals surface area contributed by atoms with Crippen molar-refractivity contribution in [3.63, 3.8) is 0 Å². The van der Waals surface area contributed by atoms with E-state index < -0.39 is 29.5 Å². The van der Waals surface area contributed by atoms with E-state index >= 15 is 0 Å². The average molecular weight is 667 g/mol. The first-order valence-corrected chi connectivity index (χ1v) is 14.7. The highest BCUT2D eigenvalue weighted by atomic mass is 19.4. The Morgan fingerprint density at radius 2 is 1.64 bits per heavy atom. The summed E-state index contributed by atoms with van der Waals surface area (Å²) in [6.07, 6.45) is -10.3. The Hall–Kier alpha value is -4.21. The fourth-order valence-corrected chi connectivity index (χ4v) is 5.67. The van der Waals surface area contributed by atoms with Gasteiger partial charge in [-0.25, -0.2) is 14.8 Å². The molecule has 0 spiro atoms. The Labute approximate surface area is 265 Å². The van der Waals surface area contributed by atoms with E-state index in [4.69, 9.17) is 14.5 Å². The predicted octanol–water partition coefficient (Wildman–Crippen LogP) is 6.05. The third-order valence-electron chi connectivity index (χ3n) is 8.29. The van der Waals surface area contributed by atoms with Crippen LogP contribution in [-0.2, 0) is 30.0 Å². The lowest BCUT2D eigenvalue weighted by Gasteiger charge is -2.32. The van der Waals surface area contributed by atoms with Gasteiger partial charge >= 0.3 is 18.3 Å². The third kappa shape index (κ3) is 7.21. The van der Waals surface area contributed by atoms with Gasteiger partial charge in [0.2, 0.25) is 5.88 Å². The van der Waals surface area contributed by atoms with Crippen molar-refractivity contribution >= 4 is 17.0 Å². The number of halogens is 6. The lowest BCUT2D eigenvalue weighted by Crippen LogP contribution is -2.53. The predicted molar refractivity (Wildman–Crippen MR) is 157 cm³/mol. The van der Waals surface area contributed by atoms with Crippen LogP contribution in [0.4, 0.5) is 26.3 Å². The molecule has 1 aliphatic heterocycles.